The van der Waals surface area contributed by atoms with E-state index in [4.69, 9.17) is 0 Å². The molecule has 0 aromatic carbocycles. The molecule has 0 unspecified atom stereocenters. The Bertz CT molecular complexity index is 466. The first kappa shape index (κ1) is 15.1. The molecule has 1 aromatic rings. The fourth-order valence-electron chi connectivity index (χ4n) is 1.57. The van der Waals surface area contributed by atoms with Crippen molar-refractivity contribution in [1.82, 2.24) is 15.6 Å². The number of aliphatic imine (C=N–C) groups is 1. The van der Waals surface area contributed by atoms with Gasteiger partial charge in [-0.05, 0) is 25.7 Å². The van der Waals surface area contributed by atoms with Crippen molar-refractivity contribution in [3.8, 4) is 0 Å². The molecule has 0 saturated heterocycles. The molecule has 1 aromatic heterocycles. The van der Waals surface area contributed by atoms with Gasteiger partial charge in [0.25, 0.3) is 0 Å². The highest BCUT2D eigenvalue weighted by atomic mass is 32.1. The van der Waals surface area contributed by atoms with Crippen molar-refractivity contribution in [3.05, 3.63) is 16.1 Å². The number of alkyl halides is 3. The Morgan fingerprint density at radius 1 is 1.45 bits per heavy atom. The minimum absolute atomic E-state index is 0.154. The zero-order valence-corrected chi connectivity index (χ0v) is 11.9. The van der Waals surface area contributed by atoms with Crippen LogP contribution in [0.5, 0.6) is 0 Å². The van der Waals surface area contributed by atoms with Gasteiger partial charge in [-0.3, -0.25) is 0 Å². The lowest BCUT2D eigenvalue weighted by Gasteiger charge is -2.10. The minimum atomic E-state index is -4.38. The van der Waals surface area contributed by atoms with Crippen LogP contribution < -0.4 is 10.6 Å². The predicted molar refractivity (Wildman–Crippen MR) is 72.7 cm³/mol. The van der Waals surface area contributed by atoms with Gasteiger partial charge >= 0.3 is 6.18 Å². The first-order valence-electron chi connectivity index (χ1n) is 6.53. The van der Waals surface area contributed by atoms with Gasteiger partial charge < -0.3 is 10.6 Å². The first-order valence-corrected chi connectivity index (χ1v) is 7.40. The molecule has 1 aliphatic carbocycles. The molecule has 112 valence electrons. The second-order valence-electron chi connectivity index (χ2n) is 4.64. The van der Waals surface area contributed by atoms with Crippen molar-refractivity contribution in [2.75, 3.05) is 13.1 Å². The van der Waals surface area contributed by atoms with Crippen LogP contribution in [0, 0.1) is 5.92 Å². The lowest BCUT2D eigenvalue weighted by Crippen LogP contribution is -2.38. The predicted octanol–water partition coefficient (Wildman–Crippen LogP) is 2.63. The summed E-state index contributed by atoms with van der Waals surface area (Å²) in [6.45, 7) is 3.67. The fraction of sp³-hybridized carbons (Fsp3) is 0.667. The SMILES string of the molecule is CCNC(=NCc1nc(C(F)(F)F)cs1)NCC1CC1. The van der Waals surface area contributed by atoms with Gasteiger partial charge in [-0.2, -0.15) is 13.2 Å². The molecule has 4 nitrogen and oxygen atoms in total. The van der Waals surface area contributed by atoms with E-state index in [-0.39, 0.29) is 6.54 Å². The quantitative estimate of drug-likeness (QED) is 0.649. The first-order chi connectivity index (χ1) is 9.49. The monoisotopic (exact) mass is 306 g/mol. The standard InChI is InChI=1S/C12H17F3N4S/c1-2-16-11(17-5-8-3-4-8)18-6-10-19-9(7-20-10)12(13,14)15/h7-8H,2-6H2,1H3,(H2,16,17,18). The van der Waals surface area contributed by atoms with E-state index < -0.39 is 11.9 Å². The molecule has 0 radical (unpaired) electrons. The Hall–Kier alpha value is -1.31. The number of aromatic nitrogens is 1. The van der Waals surface area contributed by atoms with Crippen LogP contribution in [-0.4, -0.2) is 24.0 Å². The zero-order chi connectivity index (χ0) is 14.6. The maximum atomic E-state index is 12.4. The van der Waals surface area contributed by atoms with E-state index in [0.29, 0.717) is 23.4 Å². The number of thiazole rings is 1. The Labute approximate surface area is 119 Å². The van der Waals surface area contributed by atoms with Gasteiger partial charge in [-0.15, -0.1) is 11.3 Å². The van der Waals surface area contributed by atoms with Gasteiger partial charge in [0, 0.05) is 18.5 Å². The summed E-state index contributed by atoms with van der Waals surface area (Å²) in [5.41, 5.74) is -0.844. The summed E-state index contributed by atoms with van der Waals surface area (Å²) in [5.74, 6) is 1.33. The van der Waals surface area contributed by atoms with Crippen LogP contribution in [0.4, 0.5) is 13.2 Å². The molecule has 2 rings (SSSR count). The molecule has 1 aliphatic rings. The van der Waals surface area contributed by atoms with E-state index in [1.807, 2.05) is 6.92 Å². The number of nitrogens with one attached hydrogen (secondary N) is 2. The highest BCUT2D eigenvalue weighted by Crippen LogP contribution is 2.30. The number of hydrogen-bond acceptors (Lipinski definition) is 3. The van der Waals surface area contributed by atoms with Gasteiger partial charge in [0.2, 0.25) is 0 Å². The number of nitrogens with zero attached hydrogens (tertiary/aromatic N) is 2. The molecule has 0 aliphatic heterocycles. The molecule has 1 fully saturated rings. The summed E-state index contributed by atoms with van der Waals surface area (Å²) in [4.78, 5) is 7.81. The third-order valence-electron chi connectivity index (χ3n) is 2.81. The van der Waals surface area contributed by atoms with Crippen LogP contribution in [0.1, 0.15) is 30.5 Å². The molecule has 0 amide bonds. The summed E-state index contributed by atoms with van der Waals surface area (Å²) in [6, 6.07) is 0. The van der Waals surface area contributed by atoms with Gasteiger partial charge in [0.1, 0.15) is 5.01 Å². The van der Waals surface area contributed by atoms with E-state index in [0.717, 1.165) is 23.3 Å². The van der Waals surface area contributed by atoms with Crippen molar-refractivity contribution in [3.63, 3.8) is 0 Å². The van der Waals surface area contributed by atoms with Gasteiger partial charge in [0.15, 0.2) is 11.7 Å². The van der Waals surface area contributed by atoms with Gasteiger partial charge in [-0.1, -0.05) is 0 Å². The van der Waals surface area contributed by atoms with Crippen LogP contribution in [0.25, 0.3) is 0 Å². The largest absolute Gasteiger partial charge is 0.434 e. The van der Waals surface area contributed by atoms with Crippen molar-refractivity contribution in [1.29, 1.82) is 0 Å². The number of guanidine groups is 1. The second-order valence-corrected chi connectivity index (χ2v) is 5.59. The average Bonchev–Trinajstić information content (AvgIpc) is 3.07. The summed E-state index contributed by atoms with van der Waals surface area (Å²) >= 11 is 0.979. The fourth-order valence-corrected chi connectivity index (χ4v) is 2.29. The molecule has 8 heteroatoms. The van der Waals surface area contributed by atoms with E-state index in [1.54, 1.807) is 0 Å². The van der Waals surface area contributed by atoms with Crippen molar-refractivity contribution < 1.29 is 13.2 Å². The number of rotatable bonds is 5. The third-order valence-corrected chi connectivity index (χ3v) is 3.65. The maximum absolute atomic E-state index is 12.4. The summed E-state index contributed by atoms with van der Waals surface area (Å²) < 4.78 is 37.3. The van der Waals surface area contributed by atoms with Crippen LogP contribution in [0.15, 0.2) is 10.4 Å². The van der Waals surface area contributed by atoms with E-state index in [9.17, 15) is 13.2 Å². The van der Waals surface area contributed by atoms with Gasteiger partial charge in [-0.25, -0.2) is 9.98 Å². The molecular weight excluding hydrogens is 289 g/mol. The molecule has 1 heterocycles. The molecule has 1 saturated carbocycles. The lowest BCUT2D eigenvalue weighted by atomic mass is 10.4. The smallest absolute Gasteiger partial charge is 0.357 e. The Morgan fingerprint density at radius 3 is 2.75 bits per heavy atom. The topological polar surface area (TPSA) is 49.3 Å². The molecule has 0 spiro atoms. The normalized spacial score (nSPS) is 16.3. The Morgan fingerprint density at radius 2 is 2.20 bits per heavy atom. The Kier molecular flexibility index (Phi) is 4.85. The highest BCUT2D eigenvalue weighted by Gasteiger charge is 2.33. The van der Waals surface area contributed by atoms with Crippen LogP contribution in [0.3, 0.4) is 0 Å². The minimum Gasteiger partial charge on any atom is -0.357 e. The summed E-state index contributed by atoms with van der Waals surface area (Å²) in [5, 5.41) is 7.64. The molecular formula is C12H17F3N4S. The van der Waals surface area contributed by atoms with E-state index >= 15 is 0 Å². The van der Waals surface area contributed by atoms with Crippen molar-refractivity contribution in [2.45, 2.75) is 32.5 Å². The van der Waals surface area contributed by atoms with E-state index in [1.165, 1.54) is 12.8 Å². The second kappa shape index (κ2) is 6.43. The Balaban J connectivity index is 1.91. The lowest BCUT2D eigenvalue weighted by molar-refractivity contribution is -0.140. The number of halogens is 3. The number of hydrogen-bond donors (Lipinski definition) is 2. The van der Waals surface area contributed by atoms with Crippen molar-refractivity contribution >= 4 is 17.3 Å². The third kappa shape index (κ3) is 4.66. The van der Waals surface area contributed by atoms with E-state index in [2.05, 4.69) is 20.6 Å². The average molecular weight is 306 g/mol. The van der Waals surface area contributed by atoms with Crippen LogP contribution in [-0.2, 0) is 12.7 Å². The zero-order valence-electron chi connectivity index (χ0n) is 11.1. The molecule has 2 N–H and O–H groups in total. The highest BCUT2D eigenvalue weighted by molar-refractivity contribution is 7.09. The maximum Gasteiger partial charge on any atom is 0.434 e. The molecule has 0 atom stereocenters. The summed E-state index contributed by atoms with van der Waals surface area (Å²) in [6.07, 6.45) is -1.92. The molecule has 0 bridgehead atoms. The van der Waals surface area contributed by atoms with Gasteiger partial charge in [0.05, 0.1) is 6.54 Å². The summed E-state index contributed by atoms with van der Waals surface area (Å²) in [7, 11) is 0. The van der Waals surface area contributed by atoms with Crippen molar-refractivity contribution in [2.24, 2.45) is 10.9 Å². The van der Waals surface area contributed by atoms with Crippen LogP contribution in [0.2, 0.25) is 0 Å². The van der Waals surface area contributed by atoms with Crippen LogP contribution >= 0.6 is 11.3 Å². The molecule has 20 heavy (non-hydrogen) atoms.